The monoisotopic (exact) mass is 1530 g/mol. The van der Waals surface area contributed by atoms with Gasteiger partial charge in [0.2, 0.25) is 0 Å². The van der Waals surface area contributed by atoms with Crippen molar-refractivity contribution < 1.29 is 0 Å². The minimum absolute atomic E-state index is 0.334. The zero-order valence-electron chi connectivity index (χ0n) is 63.3. The van der Waals surface area contributed by atoms with Gasteiger partial charge in [0.1, 0.15) is 0 Å². The van der Waals surface area contributed by atoms with Crippen LogP contribution in [0.3, 0.4) is 0 Å². The molecule has 550 valence electrons. The van der Waals surface area contributed by atoms with Gasteiger partial charge in [-0.15, -0.1) is 0 Å². The van der Waals surface area contributed by atoms with Crippen molar-refractivity contribution in [2.75, 3.05) is 0 Å². The van der Waals surface area contributed by atoms with Crippen molar-refractivity contribution in [3.05, 3.63) is 372 Å². The van der Waals surface area contributed by atoms with Gasteiger partial charge in [-0.25, -0.2) is 29.9 Å². The molecule has 0 unspecified atom stereocenters. The summed E-state index contributed by atoms with van der Waals surface area (Å²) >= 11 is 0. The minimum atomic E-state index is 0.334. The highest BCUT2D eigenvalue weighted by molar-refractivity contribution is 6.14. The molecule has 0 radical (unpaired) electrons. The first-order valence-corrected chi connectivity index (χ1v) is 38.2. The van der Waals surface area contributed by atoms with E-state index in [4.69, 9.17) is 29.9 Å². The van der Waals surface area contributed by atoms with Crippen molar-refractivity contribution in [1.29, 1.82) is 42.1 Å². The third kappa shape index (κ3) is 13.1. The summed E-state index contributed by atoms with van der Waals surface area (Å²) in [4.78, 5) is 31.5. The van der Waals surface area contributed by atoms with E-state index in [0.29, 0.717) is 113 Å². The molecule has 19 rings (SSSR count). The molecule has 0 N–H and O–H groups in total. The van der Waals surface area contributed by atoms with Crippen LogP contribution in [-0.4, -0.2) is 39.0 Å². The van der Waals surface area contributed by atoms with E-state index < -0.39 is 0 Å². The largest absolute Gasteiger partial charge is 0.309 e. The maximum absolute atomic E-state index is 10.6. The second-order valence-electron chi connectivity index (χ2n) is 28.7. The Morgan fingerprint density at radius 3 is 0.808 bits per heavy atom. The Hall–Kier alpha value is -18.2. The zero-order chi connectivity index (χ0) is 81.5. The number of nitrogens with zero attached hydrogens (tertiary/aromatic N) is 16. The average molecular weight is 1530 g/mol. The van der Waals surface area contributed by atoms with E-state index in [1.54, 1.807) is 72.8 Å². The lowest BCUT2D eigenvalue weighted by Gasteiger charge is -2.18. The van der Waals surface area contributed by atoms with Crippen LogP contribution in [0, 0.1) is 90.6 Å². The smallest absolute Gasteiger partial charge is 0.164 e. The van der Waals surface area contributed by atoms with E-state index in [0.717, 1.165) is 122 Å². The summed E-state index contributed by atoms with van der Waals surface area (Å²) in [5.74, 6) is 2.69. The van der Waals surface area contributed by atoms with Gasteiger partial charge in [-0.3, -0.25) is 0 Å². The van der Waals surface area contributed by atoms with E-state index in [1.807, 2.05) is 170 Å². The Morgan fingerprint density at radius 2 is 0.467 bits per heavy atom. The third-order valence-electron chi connectivity index (χ3n) is 21.7. The molecule has 0 bridgehead atoms. The van der Waals surface area contributed by atoms with E-state index in [1.165, 1.54) is 0 Å². The lowest BCUT2D eigenvalue weighted by molar-refractivity contribution is 1.07. The Balaban J connectivity index is 0.878. The molecule has 4 heterocycles. The Bertz CT molecular complexity index is 7500. The van der Waals surface area contributed by atoms with Crippen molar-refractivity contribution in [2.24, 2.45) is 0 Å². The quantitative estimate of drug-likeness (QED) is 0.0979. The Labute approximate surface area is 687 Å². The molecule has 15 aromatic carbocycles. The summed E-state index contributed by atoms with van der Waals surface area (Å²) in [6, 6.07) is 123. The molecular weight excluding hydrogens is 1470 g/mol. The molecule has 0 amide bonds. The minimum Gasteiger partial charge on any atom is -0.309 e. The Morgan fingerprint density at radius 1 is 0.183 bits per heavy atom. The first-order valence-electron chi connectivity index (χ1n) is 38.2. The van der Waals surface area contributed by atoms with Gasteiger partial charge in [0.05, 0.1) is 121 Å². The predicted molar refractivity (Wildman–Crippen MR) is 465 cm³/mol. The maximum atomic E-state index is 10.6. The van der Waals surface area contributed by atoms with E-state index in [2.05, 4.69) is 143 Å². The molecule has 0 aliphatic carbocycles. The highest BCUT2D eigenvalue weighted by Crippen LogP contribution is 2.46. The highest BCUT2D eigenvalue weighted by atomic mass is 15.1. The van der Waals surface area contributed by atoms with Gasteiger partial charge in [0, 0.05) is 66.2 Å². The lowest BCUT2D eigenvalue weighted by Crippen LogP contribution is -2.02. The van der Waals surface area contributed by atoms with Gasteiger partial charge in [-0.05, 0) is 201 Å². The summed E-state index contributed by atoms with van der Waals surface area (Å²) in [7, 11) is 0. The molecule has 0 atom stereocenters. The SMILES string of the molecule is N#Cc1ccc(-c2ccc3c(c2)c2cc(-c4ccc(C#N)cc4C#N)ccc2n3-c2cc(-c3cccc(-c4cc(-c5nc(-c6ccccc6)nc(-c6ccccc6)n5)ccc4-n4c5ccc(-c6ccc(C#N)cc6C#N)cc5c5cc(-c6ccc(C#N)cc6C#N)ccc54)c3)cc(-c3nc(-c4ccccc4)nc(-c4ccccc4)n3)c2)c(C#N)c1. The molecule has 0 aliphatic rings. The number of hydrogen-bond acceptors (Lipinski definition) is 14. The standard InChI is InChI=1S/C104H54N16/c105-55-63-24-33-85(80(42-63)59-109)73-28-37-95-90(50-73)91-51-74(86-34-25-64(56-106)43-81(86)60-110)29-38-96(91)119(95)84-48-78(47-79(49-84)104-117-101(69-18-9-3-10-19-69)114-102(118-104)70-20-11-4-12-21-70)71-22-13-23-72(46-71)89-54-77(103-115-99(67-14-5-1-6-15-67)113-100(116-103)68-16-7-2-8-17-68)32-41-94(89)120-97-39-30-75(87-35-26-65(57-107)44-82(87)61-111)52-92(97)93-53-76(31-40-98(93)120)88-36-27-66(58-108)45-83(88)62-112/h1-54H. The third-order valence-corrected chi connectivity index (χ3v) is 21.7. The summed E-state index contributed by atoms with van der Waals surface area (Å²) < 4.78 is 4.43. The van der Waals surface area contributed by atoms with E-state index >= 15 is 0 Å². The number of hydrogen-bond donors (Lipinski definition) is 0. The maximum Gasteiger partial charge on any atom is 0.164 e. The van der Waals surface area contributed by atoms with Crippen LogP contribution in [-0.2, 0) is 0 Å². The van der Waals surface area contributed by atoms with Crippen molar-refractivity contribution in [2.45, 2.75) is 0 Å². The molecule has 0 spiro atoms. The number of aromatic nitrogens is 8. The summed E-state index contributed by atoms with van der Waals surface area (Å²) in [6.07, 6.45) is 0. The number of rotatable bonds is 14. The molecule has 4 aromatic heterocycles. The van der Waals surface area contributed by atoms with E-state index in [-0.39, 0.29) is 0 Å². The summed E-state index contributed by atoms with van der Waals surface area (Å²) in [6.45, 7) is 0. The van der Waals surface area contributed by atoms with Crippen molar-refractivity contribution in [3.63, 3.8) is 0 Å². The highest BCUT2D eigenvalue weighted by Gasteiger charge is 2.26. The topological polar surface area (TPSA) is 278 Å². The van der Waals surface area contributed by atoms with E-state index in [9.17, 15) is 42.1 Å². The van der Waals surface area contributed by atoms with Crippen LogP contribution in [0.2, 0.25) is 0 Å². The van der Waals surface area contributed by atoms with Crippen LogP contribution in [0.15, 0.2) is 328 Å². The molecule has 120 heavy (non-hydrogen) atoms. The van der Waals surface area contributed by atoms with Crippen molar-refractivity contribution >= 4 is 43.6 Å². The van der Waals surface area contributed by atoms with Crippen LogP contribution in [0.1, 0.15) is 44.5 Å². The van der Waals surface area contributed by atoms with Gasteiger partial charge in [-0.1, -0.05) is 188 Å². The second kappa shape index (κ2) is 30.4. The van der Waals surface area contributed by atoms with Crippen LogP contribution in [0.25, 0.3) is 190 Å². The molecule has 16 heteroatoms. The van der Waals surface area contributed by atoms with Gasteiger partial charge in [0.15, 0.2) is 34.9 Å². The van der Waals surface area contributed by atoms with Crippen LogP contribution in [0.4, 0.5) is 0 Å². The van der Waals surface area contributed by atoms with Gasteiger partial charge < -0.3 is 9.13 Å². The van der Waals surface area contributed by atoms with Crippen molar-refractivity contribution in [3.8, 4) is 195 Å². The van der Waals surface area contributed by atoms with Gasteiger partial charge in [0.25, 0.3) is 0 Å². The van der Waals surface area contributed by atoms with Gasteiger partial charge >= 0.3 is 0 Å². The fourth-order valence-electron chi connectivity index (χ4n) is 16.0. The fourth-order valence-corrected chi connectivity index (χ4v) is 16.0. The summed E-state index contributed by atoms with van der Waals surface area (Å²) in [5, 5.41) is 85.7. The number of fused-ring (bicyclic) bond motifs is 6. The van der Waals surface area contributed by atoms with Gasteiger partial charge in [-0.2, -0.15) is 42.1 Å². The molecular formula is C104H54N16. The first kappa shape index (κ1) is 72.1. The number of benzene rings is 15. The molecule has 0 aliphatic heterocycles. The van der Waals surface area contributed by atoms with Crippen molar-refractivity contribution in [1.82, 2.24) is 39.0 Å². The summed E-state index contributed by atoms with van der Waals surface area (Å²) in [5.41, 5.74) is 20.6. The Kier molecular flexibility index (Phi) is 18.3. The fraction of sp³-hybridized carbons (Fsp3) is 0. The molecule has 19 aromatic rings. The first-order chi connectivity index (χ1) is 59.0. The van der Waals surface area contributed by atoms with Crippen LogP contribution >= 0.6 is 0 Å². The predicted octanol–water partition coefficient (Wildman–Crippen LogP) is 23.2. The molecule has 0 fully saturated rings. The zero-order valence-corrected chi connectivity index (χ0v) is 63.3. The number of nitriles is 8. The normalized spacial score (nSPS) is 10.9. The lowest BCUT2D eigenvalue weighted by atomic mass is 9.95. The molecule has 0 saturated carbocycles. The molecule has 16 nitrogen and oxygen atoms in total. The molecule has 0 saturated heterocycles. The average Bonchev–Trinajstić information content (AvgIpc) is 1.56. The van der Waals surface area contributed by atoms with Crippen LogP contribution in [0.5, 0.6) is 0 Å². The second-order valence-corrected chi connectivity index (χ2v) is 28.7. The van der Waals surface area contributed by atoms with Crippen LogP contribution < -0.4 is 0 Å².